The van der Waals surface area contributed by atoms with Gasteiger partial charge in [0.25, 0.3) is 0 Å². The predicted octanol–water partition coefficient (Wildman–Crippen LogP) is 0.0429. The molecule has 1 rings (SSSR count). The molecule has 0 spiro atoms. The van der Waals surface area contributed by atoms with Gasteiger partial charge in [0.15, 0.2) is 0 Å². The van der Waals surface area contributed by atoms with Crippen LogP contribution >= 0.6 is 0 Å². The molecule has 11 heavy (non-hydrogen) atoms. The SMILES string of the molecule is C1CCCCC1.[NH2][Pt]([NH2])([OH])[OH]. The van der Waals surface area contributed by atoms with Gasteiger partial charge in [0.2, 0.25) is 0 Å². The second-order valence-electron chi connectivity index (χ2n) is 2.62. The third-order valence-corrected chi connectivity index (χ3v) is 1.50. The number of hydrogen-bond acceptors (Lipinski definition) is 4. The fourth-order valence-electron chi connectivity index (χ4n) is 1.06. The average molecular weight is 345 g/mol. The molecule has 0 bridgehead atoms. The predicted molar refractivity (Wildman–Crippen MR) is 40.5 cm³/mol. The van der Waals surface area contributed by atoms with Gasteiger partial charge in [-0.1, -0.05) is 38.5 Å². The van der Waals surface area contributed by atoms with Crippen molar-refractivity contribution >= 4 is 0 Å². The summed E-state index contributed by atoms with van der Waals surface area (Å²) in [5.41, 5.74) is 0. The number of nitrogens with two attached hydrogens (primary N) is 2. The summed E-state index contributed by atoms with van der Waals surface area (Å²) in [4.78, 5) is 0. The van der Waals surface area contributed by atoms with Gasteiger partial charge in [0, 0.05) is 0 Å². The van der Waals surface area contributed by atoms with Gasteiger partial charge in [-0.25, -0.2) is 0 Å². The van der Waals surface area contributed by atoms with E-state index in [0.717, 1.165) is 0 Å². The Hall–Kier alpha value is 0.528. The van der Waals surface area contributed by atoms with Crippen molar-refractivity contribution in [3.8, 4) is 0 Å². The Morgan fingerprint density at radius 3 is 0.909 bits per heavy atom. The van der Waals surface area contributed by atoms with Crippen LogP contribution in [0.4, 0.5) is 0 Å². The molecule has 0 aromatic carbocycles. The summed E-state index contributed by atoms with van der Waals surface area (Å²) in [5, 5.41) is 0. The molecule has 6 N–H and O–H groups in total. The first-order chi connectivity index (χ1) is 5.00. The Balaban J connectivity index is 0.000000187. The molecule has 0 amide bonds. The van der Waals surface area contributed by atoms with Crippen molar-refractivity contribution < 1.29 is 24.8 Å². The summed E-state index contributed by atoms with van der Waals surface area (Å²) in [6, 6.07) is 0. The fourth-order valence-corrected chi connectivity index (χ4v) is 1.06. The number of rotatable bonds is 0. The van der Waals surface area contributed by atoms with Gasteiger partial charge < -0.3 is 0 Å². The van der Waals surface area contributed by atoms with Crippen LogP contribution in [-0.4, -0.2) is 7.52 Å². The molecular formula is C6H18N2O2Pt. The quantitative estimate of drug-likeness (QED) is 0.499. The van der Waals surface area contributed by atoms with E-state index in [9.17, 15) is 0 Å². The van der Waals surface area contributed by atoms with Crippen LogP contribution in [0.1, 0.15) is 38.5 Å². The molecule has 0 aromatic heterocycles. The summed E-state index contributed by atoms with van der Waals surface area (Å²) >= 11 is -3.94. The summed E-state index contributed by atoms with van der Waals surface area (Å²) in [5.74, 6) is 0. The molecule has 0 unspecified atom stereocenters. The van der Waals surface area contributed by atoms with Crippen LogP contribution in [0.3, 0.4) is 0 Å². The molecule has 0 atom stereocenters. The summed E-state index contributed by atoms with van der Waals surface area (Å²) in [7, 11) is 0. The van der Waals surface area contributed by atoms with Gasteiger partial charge in [-0.05, 0) is 0 Å². The summed E-state index contributed by atoms with van der Waals surface area (Å²) < 4.78 is 24.5. The van der Waals surface area contributed by atoms with Crippen LogP contribution in [-0.2, 0) is 17.3 Å². The molecule has 1 fully saturated rings. The monoisotopic (exact) mass is 345 g/mol. The fraction of sp³-hybridized carbons (Fsp3) is 1.00. The van der Waals surface area contributed by atoms with Crippen molar-refractivity contribution in [1.29, 1.82) is 0 Å². The topological polar surface area (TPSA) is 92.5 Å². The van der Waals surface area contributed by atoms with Crippen LogP contribution in [0.15, 0.2) is 0 Å². The molecule has 1 saturated carbocycles. The first kappa shape index (κ1) is 11.5. The normalized spacial score (nSPS) is 20.0. The van der Waals surface area contributed by atoms with Gasteiger partial charge in [-0.2, -0.15) is 0 Å². The molecule has 1 aliphatic carbocycles. The third kappa shape index (κ3) is 18.0. The van der Waals surface area contributed by atoms with E-state index < -0.39 is 17.3 Å². The maximum atomic E-state index is 7.81. The molecule has 0 aliphatic heterocycles. The van der Waals surface area contributed by atoms with Crippen LogP contribution in [0.5, 0.6) is 0 Å². The molecular weight excluding hydrogens is 327 g/mol. The zero-order valence-corrected chi connectivity index (χ0v) is 8.88. The Morgan fingerprint density at radius 2 is 0.818 bits per heavy atom. The first-order valence-electron chi connectivity index (χ1n) is 3.65. The van der Waals surface area contributed by atoms with Gasteiger partial charge >= 0.3 is 33.4 Å². The molecule has 74 valence electrons. The van der Waals surface area contributed by atoms with Crippen molar-refractivity contribution in [2.75, 3.05) is 0 Å². The Kier molecular flexibility index (Phi) is 6.38. The van der Waals surface area contributed by atoms with E-state index in [1.807, 2.05) is 0 Å². The molecule has 0 radical (unpaired) electrons. The molecule has 0 aromatic rings. The minimum absolute atomic E-state index is 1.50. The first-order valence-corrected chi connectivity index (χ1v) is 8.30. The Labute approximate surface area is 72.3 Å². The van der Waals surface area contributed by atoms with E-state index in [0.29, 0.717) is 0 Å². The summed E-state index contributed by atoms with van der Waals surface area (Å²) in [6.07, 6.45) is 9.00. The minimum atomic E-state index is -3.94. The van der Waals surface area contributed by atoms with E-state index in [4.69, 9.17) is 7.52 Å². The van der Waals surface area contributed by atoms with Gasteiger partial charge in [-0.15, -0.1) is 0 Å². The van der Waals surface area contributed by atoms with Crippen LogP contribution in [0, 0.1) is 0 Å². The van der Waals surface area contributed by atoms with Gasteiger partial charge in [0.1, 0.15) is 0 Å². The standard InChI is InChI=1S/C6H12.2H2N.2H2O.Pt/c1-2-4-6-5-3-1;;;;;/h1-6H2;4*1H2;/q;2*-1;;;+4/p-2. The van der Waals surface area contributed by atoms with Crippen LogP contribution < -0.4 is 8.58 Å². The molecule has 0 saturated heterocycles. The van der Waals surface area contributed by atoms with Crippen molar-refractivity contribution in [3.05, 3.63) is 0 Å². The van der Waals surface area contributed by atoms with Crippen molar-refractivity contribution in [1.82, 2.24) is 0 Å². The van der Waals surface area contributed by atoms with Gasteiger partial charge in [-0.3, -0.25) is 0 Å². The summed E-state index contributed by atoms with van der Waals surface area (Å²) in [6.45, 7) is 0. The van der Waals surface area contributed by atoms with Crippen molar-refractivity contribution in [2.24, 2.45) is 8.58 Å². The molecule has 1 aliphatic rings. The van der Waals surface area contributed by atoms with E-state index in [2.05, 4.69) is 8.58 Å². The molecule has 0 heterocycles. The van der Waals surface area contributed by atoms with E-state index in [-0.39, 0.29) is 0 Å². The maximum absolute atomic E-state index is 7.81. The zero-order valence-electron chi connectivity index (χ0n) is 6.61. The Morgan fingerprint density at radius 1 is 0.727 bits per heavy atom. The van der Waals surface area contributed by atoms with Crippen molar-refractivity contribution in [2.45, 2.75) is 38.5 Å². The van der Waals surface area contributed by atoms with E-state index >= 15 is 0 Å². The van der Waals surface area contributed by atoms with E-state index in [1.54, 1.807) is 0 Å². The molecule has 4 nitrogen and oxygen atoms in total. The van der Waals surface area contributed by atoms with E-state index in [1.165, 1.54) is 38.5 Å². The van der Waals surface area contributed by atoms with Crippen LogP contribution in [0.2, 0.25) is 0 Å². The molecule has 5 heteroatoms. The van der Waals surface area contributed by atoms with Crippen molar-refractivity contribution in [3.63, 3.8) is 0 Å². The second-order valence-corrected chi connectivity index (χ2v) is 6.18. The number of hydrogen-bond donors (Lipinski definition) is 4. The average Bonchev–Trinajstić information content (AvgIpc) is 1.88. The van der Waals surface area contributed by atoms with Gasteiger partial charge in [0.05, 0.1) is 0 Å². The van der Waals surface area contributed by atoms with Crippen LogP contribution in [0.25, 0.3) is 0 Å². The Bertz CT molecular complexity index is 73.6. The zero-order chi connectivity index (χ0) is 8.74. The third-order valence-electron chi connectivity index (χ3n) is 1.50. The second kappa shape index (κ2) is 6.09.